The minimum Gasteiger partial charge on any atom is -0.467 e. The molecule has 2 aromatic rings. The van der Waals surface area contributed by atoms with Crippen molar-refractivity contribution in [3.63, 3.8) is 0 Å². The maximum absolute atomic E-state index is 6.11. The molecule has 0 amide bonds. The number of hydrazine groups is 1. The molecular weight excluding hydrogens is 315 g/mol. The minimum atomic E-state index is 0.171. The number of aromatic nitrogens is 3. The molecule has 7 nitrogen and oxygen atoms in total. The summed E-state index contributed by atoms with van der Waals surface area (Å²) in [4.78, 5) is 12.0. The number of anilines is 2. The number of rotatable bonds is 6. The lowest BCUT2D eigenvalue weighted by Gasteiger charge is -2.08. The maximum atomic E-state index is 6.11. The third-order valence-electron chi connectivity index (χ3n) is 2.62. The van der Waals surface area contributed by atoms with Gasteiger partial charge in [-0.1, -0.05) is 29.3 Å². The van der Waals surface area contributed by atoms with E-state index >= 15 is 0 Å². The fourth-order valence-electron chi connectivity index (χ4n) is 1.62. The van der Waals surface area contributed by atoms with Crippen molar-refractivity contribution in [1.82, 2.24) is 15.0 Å². The lowest BCUT2D eigenvalue weighted by atomic mass is 10.1. The summed E-state index contributed by atoms with van der Waals surface area (Å²) >= 11 is 12.0. The molecule has 0 aliphatic rings. The fraction of sp³-hybridized carbons (Fsp3) is 0.250. The van der Waals surface area contributed by atoms with Crippen molar-refractivity contribution in [2.24, 2.45) is 5.84 Å². The number of nitrogens with one attached hydrogen (secondary N) is 2. The zero-order valence-electron chi connectivity index (χ0n) is 11.2. The number of benzene rings is 1. The molecule has 0 bridgehead atoms. The first-order valence-electron chi connectivity index (χ1n) is 6.07. The zero-order chi connectivity index (χ0) is 15.2. The Morgan fingerprint density at radius 2 is 1.95 bits per heavy atom. The molecule has 1 heterocycles. The van der Waals surface area contributed by atoms with Gasteiger partial charge in [0.15, 0.2) is 0 Å². The molecule has 1 aromatic carbocycles. The van der Waals surface area contributed by atoms with E-state index in [9.17, 15) is 0 Å². The lowest BCUT2D eigenvalue weighted by molar-refractivity contribution is 0.379. The van der Waals surface area contributed by atoms with Crippen LogP contribution in [0, 0.1) is 0 Å². The Hall–Kier alpha value is -1.83. The minimum absolute atomic E-state index is 0.171. The summed E-state index contributed by atoms with van der Waals surface area (Å²) in [6.45, 7) is 0.582. The third kappa shape index (κ3) is 4.32. The molecule has 4 N–H and O–H groups in total. The summed E-state index contributed by atoms with van der Waals surface area (Å²) in [6.07, 6.45) is 0.690. The Morgan fingerprint density at radius 1 is 1.19 bits per heavy atom. The summed E-state index contributed by atoms with van der Waals surface area (Å²) in [7, 11) is 1.47. The van der Waals surface area contributed by atoms with Gasteiger partial charge in [-0.3, -0.25) is 5.43 Å². The molecule has 0 atom stereocenters. The van der Waals surface area contributed by atoms with Crippen LogP contribution in [0.5, 0.6) is 6.01 Å². The number of nitrogens with zero attached hydrogens (tertiary/aromatic N) is 3. The number of hydrogen-bond donors (Lipinski definition) is 3. The molecule has 0 aliphatic heterocycles. The van der Waals surface area contributed by atoms with Crippen molar-refractivity contribution in [2.45, 2.75) is 6.42 Å². The topological polar surface area (TPSA) is 98.0 Å². The number of nitrogen functional groups attached to an aromatic ring is 1. The number of hydrogen-bond acceptors (Lipinski definition) is 7. The molecule has 0 saturated heterocycles. The zero-order valence-corrected chi connectivity index (χ0v) is 12.7. The second kappa shape index (κ2) is 7.26. The SMILES string of the molecule is COc1nc(NN)nc(NCCc2ccc(Cl)cc2Cl)n1. The molecule has 1 aromatic heterocycles. The van der Waals surface area contributed by atoms with Gasteiger partial charge in [-0.05, 0) is 24.1 Å². The van der Waals surface area contributed by atoms with Crippen LogP contribution in [0.2, 0.25) is 10.0 Å². The number of nitrogens with two attached hydrogens (primary N) is 1. The summed E-state index contributed by atoms with van der Waals surface area (Å²) in [5, 5.41) is 4.29. The highest BCUT2D eigenvalue weighted by Gasteiger charge is 2.06. The number of halogens is 2. The molecule has 0 radical (unpaired) electrons. The highest BCUT2D eigenvalue weighted by atomic mass is 35.5. The van der Waals surface area contributed by atoms with Crippen LogP contribution < -0.4 is 21.3 Å². The van der Waals surface area contributed by atoms with E-state index in [1.165, 1.54) is 7.11 Å². The van der Waals surface area contributed by atoms with Crippen LogP contribution in [0.25, 0.3) is 0 Å². The van der Waals surface area contributed by atoms with E-state index in [0.717, 1.165) is 5.56 Å². The third-order valence-corrected chi connectivity index (χ3v) is 3.21. The molecule has 0 fully saturated rings. The van der Waals surface area contributed by atoms with E-state index in [2.05, 4.69) is 25.7 Å². The van der Waals surface area contributed by atoms with Crippen molar-refractivity contribution in [1.29, 1.82) is 0 Å². The Morgan fingerprint density at radius 3 is 2.62 bits per heavy atom. The average Bonchev–Trinajstić information content (AvgIpc) is 2.49. The second-order valence-electron chi connectivity index (χ2n) is 4.03. The predicted octanol–water partition coefficient (Wildman–Crippen LogP) is 2.13. The first-order valence-corrected chi connectivity index (χ1v) is 6.82. The fourth-order valence-corrected chi connectivity index (χ4v) is 2.13. The van der Waals surface area contributed by atoms with E-state index in [1.54, 1.807) is 12.1 Å². The van der Waals surface area contributed by atoms with Gasteiger partial charge >= 0.3 is 6.01 Å². The first kappa shape index (κ1) is 15.6. The van der Waals surface area contributed by atoms with Gasteiger partial charge in [0.05, 0.1) is 7.11 Å². The summed E-state index contributed by atoms with van der Waals surface area (Å²) in [5.74, 6) is 5.86. The van der Waals surface area contributed by atoms with Gasteiger partial charge < -0.3 is 10.1 Å². The van der Waals surface area contributed by atoms with Crippen molar-refractivity contribution >= 4 is 35.1 Å². The predicted molar refractivity (Wildman–Crippen MR) is 82.8 cm³/mol. The lowest BCUT2D eigenvalue weighted by Crippen LogP contribution is -2.15. The molecular formula is C12H14Cl2N6O. The second-order valence-corrected chi connectivity index (χ2v) is 4.87. The van der Waals surface area contributed by atoms with Crippen LogP contribution in [0.15, 0.2) is 18.2 Å². The molecule has 0 saturated carbocycles. The first-order chi connectivity index (χ1) is 10.1. The van der Waals surface area contributed by atoms with Gasteiger partial charge in [-0.2, -0.15) is 15.0 Å². The Balaban J connectivity index is 1.99. The summed E-state index contributed by atoms with van der Waals surface area (Å²) in [5.41, 5.74) is 3.33. The van der Waals surface area contributed by atoms with Crippen molar-refractivity contribution in [2.75, 3.05) is 24.4 Å². The quantitative estimate of drug-likeness (QED) is 0.551. The molecule has 2 rings (SSSR count). The van der Waals surface area contributed by atoms with Crippen molar-refractivity contribution in [3.8, 4) is 6.01 Å². The van der Waals surface area contributed by atoms with E-state index in [0.29, 0.717) is 29.0 Å². The van der Waals surface area contributed by atoms with Gasteiger partial charge in [0.1, 0.15) is 0 Å². The smallest absolute Gasteiger partial charge is 0.322 e. The monoisotopic (exact) mass is 328 g/mol. The largest absolute Gasteiger partial charge is 0.467 e. The molecule has 21 heavy (non-hydrogen) atoms. The van der Waals surface area contributed by atoms with Gasteiger partial charge in [0.25, 0.3) is 0 Å². The Kier molecular flexibility index (Phi) is 5.38. The molecule has 9 heteroatoms. The van der Waals surface area contributed by atoms with Crippen LogP contribution in [-0.4, -0.2) is 28.6 Å². The Labute approximate surface area is 131 Å². The molecule has 0 unspecified atom stereocenters. The van der Waals surface area contributed by atoms with Crippen LogP contribution in [0.3, 0.4) is 0 Å². The van der Waals surface area contributed by atoms with E-state index in [4.69, 9.17) is 33.8 Å². The highest BCUT2D eigenvalue weighted by Crippen LogP contribution is 2.21. The van der Waals surface area contributed by atoms with Crippen molar-refractivity contribution in [3.05, 3.63) is 33.8 Å². The van der Waals surface area contributed by atoms with E-state index < -0.39 is 0 Å². The molecule has 112 valence electrons. The van der Waals surface area contributed by atoms with Gasteiger partial charge in [-0.25, -0.2) is 5.84 Å². The number of ether oxygens (including phenoxy) is 1. The van der Waals surface area contributed by atoms with Crippen LogP contribution in [0.1, 0.15) is 5.56 Å². The van der Waals surface area contributed by atoms with Gasteiger partial charge in [-0.15, -0.1) is 0 Å². The summed E-state index contributed by atoms with van der Waals surface area (Å²) < 4.78 is 4.96. The highest BCUT2D eigenvalue weighted by molar-refractivity contribution is 6.35. The molecule has 0 spiro atoms. The molecule has 0 aliphatic carbocycles. The summed E-state index contributed by atoms with van der Waals surface area (Å²) in [6, 6.07) is 5.56. The van der Waals surface area contributed by atoms with Crippen LogP contribution >= 0.6 is 23.2 Å². The van der Waals surface area contributed by atoms with Crippen LogP contribution in [-0.2, 0) is 6.42 Å². The normalized spacial score (nSPS) is 10.3. The maximum Gasteiger partial charge on any atom is 0.322 e. The van der Waals surface area contributed by atoms with Crippen LogP contribution in [0.4, 0.5) is 11.9 Å². The number of methoxy groups -OCH3 is 1. The van der Waals surface area contributed by atoms with E-state index in [1.807, 2.05) is 6.07 Å². The average molecular weight is 329 g/mol. The van der Waals surface area contributed by atoms with E-state index in [-0.39, 0.29) is 12.0 Å². The Bertz CT molecular complexity index is 602. The van der Waals surface area contributed by atoms with Crippen molar-refractivity contribution < 1.29 is 4.74 Å². The van der Waals surface area contributed by atoms with Gasteiger partial charge in [0, 0.05) is 16.6 Å². The standard InChI is InChI=1S/C12H14Cl2N6O/c1-21-12-18-10(17-11(19-12)20-15)16-5-4-7-2-3-8(13)6-9(7)14/h2-3,6H,4-5,15H2,1H3,(H2,16,17,18,19,20). The van der Waals surface area contributed by atoms with Gasteiger partial charge in [0.2, 0.25) is 11.9 Å².